The summed E-state index contributed by atoms with van der Waals surface area (Å²) in [4.78, 5) is 0. The molecule has 3 unspecified atom stereocenters. The first-order valence-corrected chi connectivity index (χ1v) is 7.48. The van der Waals surface area contributed by atoms with Crippen LogP contribution in [0.25, 0.3) is 0 Å². The van der Waals surface area contributed by atoms with E-state index in [1.54, 1.807) is 14.2 Å². The van der Waals surface area contributed by atoms with Gasteiger partial charge in [0.2, 0.25) is 0 Å². The lowest BCUT2D eigenvalue weighted by Gasteiger charge is -2.22. The Kier molecular flexibility index (Phi) is 3.85. The van der Waals surface area contributed by atoms with Crippen LogP contribution in [0, 0.1) is 17.8 Å². The number of fused-ring (bicyclic) bond motifs is 1. The van der Waals surface area contributed by atoms with Crippen LogP contribution >= 0.6 is 0 Å². The van der Waals surface area contributed by atoms with Crippen LogP contribution in [-0.4, -0.2) is 14.2 Å². The van der Waals surface area contributed by atoms with Crippen LogP contribution in [0.15, 0.2) is 18.2 Å². The molecule has 3 atom stereocenters. The summed E-state index contributed by atoms with van der Waals surface area (Å²) in [5.41, 5.74) is 4.10. The molecule has 0 aliphatic heterocycles. The van der Waals surface area contributed by atoms with E-state index in [4.69, 9.17) is 15.3 Å². The van der Waals surface area contributed by atoms with E-state index in [2.05, 4.69) is 5.43 Å². The van der Waals surface area contributed by atoms with Crippen molar-refractivity contribution in [2.45, 2.75) is 31.7 Å². The maximum Gasteiger partial charge on any atom is 0.127 e. The Labute approximate surface area is 120 Å². The van der Waals surface area contributed by atoms with Gasteiger partial charge in [-0.2, -0.15) is 0 Å². The molecule has 0 bridgehead atoms. The predicted molar refractivity (Wildman–Crippen MR) is 78.5 cm³/mol. The van der Waals surface area contributed by atoms with Gasteiger partial charge in [-0.15, -0.1) is 0 Å². The SMILES string of the molecule is COc1cccc(OC)c1C(NN)C1C2CCCCC21. The molecule has 110 valence electrons. The molecule has 2 aliphatic rings. The number of ether oxygens (including phenoxy) is 2. The molecule has 2 saturated carbocycles. The smallest absolute Gasteiger partial charge is 0.127 e. The summed E-state index contributed by atoms with van der Waals surface area (Å²) in [7, 11) is 3.40. The molecule has 0 heterocycles. The minimum absolute atomic E-state index is 0.120. The number of methoxy groups -OCH3 is 2. The van der Waals surface area contributed by atoms with Crippen molar-refractivity contribution in [1.29, 1.82) is 0 Å². The third-order valence-electron chi connectivity index (χ3n) is 5.06. The van der Waals surface area contributed by atoms with Gasteiger partial charge in [0.1, 0.15) is 11.5 Å². The summed E-state index contributed by atoms with van der Waals surface area (Å²) in [6.07, 6.45) is 5.39. The van der Waals surface area contributed by atoms with Crippen molar-refractivity contribution < 1.29 is 9.47 Å². The van der Waals surface area contributed by atoms with E-state index in [1.807, 2.05) is 18.2 Å². The third kappa shape index (κ3) is 2.17. The number of nitrogens with two attached hydrogens (primary N) is 1. The second-order valence-corrected chi connectivity index (χ2v) is 5.91. The lowest BCUT2D eigenvalue weighted by molar-refractivity contribution is 0.356. The van der Waals surface area contributed by atoms with Gasteiger partial charge in [-0.1, -0.05) is 18.9 Å². The van der Waals surface area contributed by atoms with Crippen molar-refractivity contribution >= 4 is 0 Å². The lowest BCUT2D eigenvalue weighted by atomic mass is 9.98. The van der Waals surface area contributed by atoms with E-state index in [-0.39, 0.29) is 6.04 Å². The zero-order valence-corrected chi connectivity index (χ0v) is 12.3. The zero-order valence-electron chi connectivity index (χ0n) is 12.3. The predicted octanol–water partition coefficient (Wildman–Crippen LogP) is 2.64. The summed E-state index contributed by atoms with van der Waals surface area (Å²) < 4.78 is 11.1. The molecule has 0 saturated heterocycles. The quantitative estimate of drug-likeness (QED) is 0.641. The monoisotopic (exact) mass is 276 g/mol. The maximum atomic E-state index is 5.89. The average molecular weight is 276 g/mol. The highest BCUT2D eigenvalue weighted by Gasteiger charge is 2.55. The molecule has 4 heteroatoms. The fraction of sp³-hybridized carbons (Fsp3) is 0.625. The van der Waals surface area contributed by atoms with Crippen LogP contribution in [0.2, 0.25) is 0 Å². The van der Waals surface area contributed by atoms with Crippen LogP contribution in [-0.2, 0) is 0 Å². The Hall–Kier alpha value is -1.26. The summed E-state index contributed by atoms with van der Waals surface area (Å²) >= 11 is 0. The largest absolute Gasteiger partial charge is 0.496 e. The molecule has 2 fully saturated rings. The highest BCUT2D eigenvalue weighted by molar-refractivity contribution is 5.48. The first-order valence-electron chi connectivity index (χ1n) is 7.48. The number of nitrogens with one attached hydrogen (secondary N) is 1. The number of hydrogen-bond acceptors (Lipinski definition) is 4. The van der Waals surface area contributed by atoms with Gasteiger partial charge in [0.05, 0.1) is 25.8 Å². The van der Waals surface area contributed by atoms with Crippen molar-refractivity contribution in [2.75, 3.05) is 14.2 Å². The van der Waals surface area contributed by atoms with Gasteiger partial charge in [-0.05, 0) is 42.7 Å². The van der Waals surface area contributed by atoms with Crippen molar-refractivity contribution in [1.82, 2.24) is 5.43 Å². The van der Waals surface area contributed by atoms with E-state index < -0.39 is 0 Å². The molecule has 1 aromatic rings. The van der Waals surface area contributed by atoms with Gasteiger partial charge in [0.15, 0.2) is 0 Å². The Bertz CT molecular complexity index is 443. The highest BCUT2D eigenvalue weighted by Crippen LogP contribution is 2.61. The summed E-state index contributed by atoms with van der Waals surface area (Å²) in [5, 5.41) is 0. The third-order valence-corrected chi connectivity index (χ3v) is 5.06. The van der Waals surface area contributed by atoms with Gasteiger partial charge in [-0.3, -0.25) is 11.3 Å². The van der Waals surface area contributed by atoms with Crippen LogP contribution in [0.3, 0.4) is 0 Å². The van der Waals surface area contributed by atoms with E-state index in [0.29, 0.717) is 5.92 Å². The second-order valence-electron chi connectivity index (χ2n) is 5.91. The van der Waals surface area contributed by atoms with Crippen LogP contribution in [0.4, 0.5) is 0 Å². The van der Waals surface area contributed by atoms with Crippen molar-refractivity contribution in [3.63, 3.8) is 0 Å². The van der Waals surface area contributed by atoms with E-state index in [1.165, 1.54) is 25.7 Å². The van der Waals surface area contributed by atoms with Gasteiger partial charge < -0.3 is 9.47 Å². The molecular weight excluding hydrogens is 252 g/mol. The molecule has 3 N–H and O–H groups in total. The molecule has 0 spiro atoms. The van der Waals surface area contributed by atoms with Crippen molar-refractivity contribution in [3.05, 3.63) is 23.8 Å². The lowest BCUT2D eigenvalue weighted by Crippen LogP contribution is -2.31. The number of hydrogen-bond donors (Lipinski definition) is 2. The second kappa shape index (κ2) is 5.62. The van der Waals surface area contributed by atoms with Gasteiger partial charge in [0, 0.05) is 0 Å². The molecule has 0 amide bonds. The fourth-order valence-corrected chi connectivity index (χ4v) is 4.12. The normalized spacial score (nSPS) is 29.4. The molecule has 2 aliphatic carbocycles. The molecule has 0 radical (unpaired) electrons. The number of hydrazine groups is 1. The molecule has 4 nitrogen and oxygen atoms in total. The Morgan fingerprint density at radius 3 is 2.10 bits per heavy atom. The summed E-state index contributed by atoms with van der Waals surface area (Å²) in [5.74, 6) is 9.86. The minimum atomic E-state index is 0.120. The fourth-order valence-electron chi connectivity index (χ4n) is 4.12. The molecule has 1 aromatic carbocycles. The average Bonchev–Trinajstić information content (AvgIpc) is 3.22. The van der Waals surface area contributed by atoms with E-state index >= 15 is 0 Å². The van der Waals surface area contributed by atoms with Crippen LogP contribution in [0.1, 0.15) is 37.3 Å². The minimum Gasteiger partial charge on any atom is -0.496 e. The first-order chi connectivity index (χ1) is 9.81. The van der Waals surface area contributed by atoms with Gasteiger partial charge >= 0.3 is 0 Å². The van der Waals surface area contributed by atoms with Gasteiger partial charge in [-0.25, -0.2) is 0 Å². The maximum absolute atomic E-state index is 5.89. The summed E-state index contributed by atoms with van der Waals surface area (Å²) in [6, 6.07) is 6.03. The highest BCUT2D eigenvalue weighted by atomic mass is 16.5. The number of benzene rings is 1. The standard InChI is InChI=1S/C16H24N2O2/c1-19-12-8-5-9-13(20-2)15(12)16(18-17)14-10-6-3-4-7-11(10)14/h5,8-11,14,16,18H,3-4,6-7,17H2,1-2H3. The van der Waals surface area contributed by atoms with Crippen molar-refractivity contribution in [2.24, 2.45) is 23.6 Å². The summed E-state index contributed by atoms with van der Waals surface area (Å²) in [6.45, 7) is 0. The van der Waals surface area contributed by atoms with E-state index in [0.717, 1.165) is 28.9 Å². The molecule has 20 heavy (non-hydrogen) atoms. The van der Waals surface area contributed by atoms with Crippen LogP contribution in [0.5, 0.6) is 11.5 Å². The first kappa shape index (κ1) is 13.7. The Balaban J connectivity index is 1.93. The molecular formula is C16H24N2O2. The Morgan fingerprint density at radius 1 is 1.10 bits per heavy atom. The molecule has 0 aromatic heterocycles. The van der Waals surface area contributed by atoms with Crippen LogP contribution < -0.4 is 20.7 Å². The zero-order chi connectivity index (χ0) is 14.1. The topological polar surface area (TPSA) is 56.5 Å². The molecule has 3 rings (SSSR count). The van der Waals surface area contributed by atoms with Crippen molar-refractivity contribution in [3.8, 4) is 11.5 Å². The van der Waals surface area contributed by atoms with E-state index in [9.17, 15) is 0 Å². The Morgan fingerprint density at radius 2 is 1.65 bits per heavy atom. The van der Waals surface area contributed by atoms with Gasteiger partial charge in [0.25, 0.3) is 0 Å². The number of rotatable bonds is 5.